The summed E-state index contributed by atoms with van der Waals surface area (Å²) in [5.74, 6) is -1.79. The van der Waals surface area contributed by atoms with Gasteiger partial charge in [0.25, 0.3) is 5.91 Å². The molecule has 3 aromatic rings. The maximum Gasteiger partial charge on any atom is 0.410 e. The third kappa shape index (κ3) is 7.73. The van der Waals surface area contributed by atoms with Crippen LogP contribution >= 0.6 is 0 Å². The van der Waals surface area contributed by atoms with E-state index in [0.717, 1.165) is 16.7 Å². The van der Waals surface area contributed by atoms with Gasteiger partial charge >= 0.3 is 12.1 Å². The van der Waals surface area contributed by atoms with Gasteiger partial charge < -0.3 is 19.6 Å². The highest BCUT2D eigenvalue weighted by Crippen LogP contribution is 2.27. The molecule has 0 aliphatic carbocycles. The molecular formula is C33H38FN3O5. The number of benzene rings is 3. The lowest BCUT2D eigenvalue weighted by molar-refractivity contribution is 0.000537. The molecule has 0 spiro atoms. The van der Waals surface area contributed by atoms with Crippen molar-refractivity contribution in [1.29, 1.82) is 0 Å². The Hall–Kier alpha value is -4.24. The summed E-state index contributed by atoms with van der Waals surface area (Å²) in [6.07, 6.45) is -0.298. The standard InChI is InChI=1S/C33H38FN3O5/c1-22-19-36(14-15-37(22)32(41)42-33(2,3)4)21-23-8-6-9-25(16-23)28-17-24(12-13-29(28)34)20-35(5)30(38)26-10-7-11-27(18-26)31(39)40/h6-13,16-18,22H,14-15,19-21H2,1-5H3,(H,39,40)/t22-/m1/s1. The molecule has 0 bridgehead atoms. The van der Waals surface area contributed by atoms with Crippen molar-refractivity contribution in [2.24, 2.45) is 0 Å². The van der Waals surface area contributed by atoms with Crippen molar-refractivity contribution in [2.75, 3.05) is 26.7 Å². The van der Waals surface area contributed by atoms with Crippen molar-refractivity contribution >= 4 is 18.0 Å². The Kier molecular flexibility index (Phi) is 9.31. The number of carboxylic acid groups (broad SMARTS) is 1. The number of piperazine rings is 1. The number of hydrogen-bond acceptors (Lipinski definition) is 5. The lowest BCUT2D eigenvalue weighted by atomic mass is 9.99. The van der Waals surface area contributed by atoms with Crippen LogP contribution in [0.15, 0.2) is 66.7 Å². The van der Waals surface area contributed by atoms with Crippen LogP contribution in [0.2, 0.25) is 0 Å². The van der Waals surface area contributed by atoms with Gasteiger partial charge in [0.2, 0.25) is 0 Å². The lowest BCUT2D eigenvalue weighted by Crippen LogP contribution is -2.54. The summed E-state index contributed by atoms with van der Waals surface area (Å²) in [4.78, 5) is 42.3. The van der Waals surface area contributed by atoms with E-state index in [1.54, 1.807) is 30.1 Å². The summed E-state index contributed by atoms with van der Waals surface area (Å²) in [5.41, 5.74) is 2.71. The fourth-order valence-corrected chi connectivity index (χ4v) is 5.11. The van der Waals surface area contributed by atoms with Gasteiger partial charge in [-0.3, -0.25) is 9.69 Å². The minimum atomic E-state index is -1.10. The first kappa shape index (κ1) is 30.7. The van der Waals surface area contributed by atoms with Crippen LogP contribution in [0.3, 0.4) is 0 Å². The van der Waals surface area contributed by atoms with Crippen molar-refractivity contribution in [1.82, 2.24) is 14.7 Å². The van der Waals surface area contributed by atoms with Crippen LogP contribution in [0, 0.1) is 5.82 Å². The van der Waals surface area contributed by atoms with Crippen LogP contribution in [0.4, 0.5) is 9.18 Å². The van der Waals surface area contributed by atoms with E-state index in [2.05, 4.69) is 4.90 Å². The maximum absolute atomic E-state index is 15.0. The van der Waals surface area contributed by atoms with Crippen molar-refractivity contribution in [2.45, 2.75) is 52.4 Å². The number of carboxylic acids is 1. The van der Waals surface area contributed by atoms with Crippen molar-refractivity contribution in [3.63, 3.8) is 0 Å². The number of rotatable bonds is 7. The molecule has 1 N–H and O–H groups in total. The Morgan fingerprint density at radius 3 is 2.38 bits per heavy atom. The first-order valence-corrected chi connectivity index (χ1v) is 14.0. The van der Waals surface area contributed by atoms with Crippen LogP contribution in [-0.2, 0) is 17.8 Å². The van der Waals surface area contributed by atoms with E-state index in [1.165, 1.54) is 29.2 Å². The van der Waals surface area contributed by atoms with Gasteiger partial charge in [0.05, 0.1) is 5.56 Å². The van der Waals surface area contributed by atoms with Gasteiger partial charge in [0, 0.05) is 56.9 Å². The van der Waals surface area contributed by atoms with Crippen molar-refractivity contribution < 1.29 is 28.6 Å². The minimum Gasteiger partial charge on any atom is -0.478 e. The molecule has 1 heterocycles. The summed E-state index contributed by atoms with van der Waals surface area (Å²) in [6.45, 7) is 10.4. The highest BCUT2D eigenvalue weighted by molar-refractivity contribution is 5.97. The molecule has 1 aliphatic rings. The molecule has 0 saturated carbocycles. The first-order valence-electron chi connectivity index (χ1n) is 14.0. The zero-order valence-electron chi connectivity index (χ0n) is 24.8. The first-order chi connectivity index (χ1) is 19.8. The molecule has 42 heavy (non-hydrogen) atoms. The molecule has 8 nitrogen and oxygen atoms in total. The molecule has 222 valence electrons. The normalized spacial score (nSPS) is 15.8. The highest BCUT2D eigenvalue weighted by Gasteiger charge is 2.30. The molecule has 1 saturated heterocycles. The van der Waals surface area contributed by atoms with Crippen LogP contribution < -0.4 is 0 Å². The number of carbonyl (C=O) groups is 3. The van der Waals surface area contributed by atoms with E-state index >= 15 is 4.39 Å². The number of aromatic carboxylic acids is 1. The number of amides is 2. The van der Waals surface area contributed by atoms with E-state index in [9.17, 15) is 19.5 Å². The maximum atomic E-state index is 15.0. The van der Waals surface area contributed by atoms with E-state index in [-0.39, 0.29) is 41.5 Å². The van der Waals surface area contributed by atoms with E-state index < -0.39 is 11.6 Å². The van der Waals surface area contributed by atoms with Gasteiger partial charge in [-0.2, -0.15) is 0 Å². The Balaban J connectivity index is 1.43. The lowest BCUT2D eigenvalue weighted by Gasteiger charge is -2.40. The van der Waals surface area contributed by atoms with Crippen LogP contribution in [0.1, 0.15) is 59.5 Å². The third-order valence-corrected chi connectivity index (χ3v) is 7.14. The zero-order chi connectivity index (χ0) is 30.6. The molecular weight excluding hydrogens is 537 g/mol. The van der Waals surface area contributed by atoms with E-state index in [4.69, 9.17) is 4.74 Å². The summed E-state index contributed by atoms with van der Waals surface area (Å²) in [7, 11) is 1.63. The number of ether oxygens (including phenoxy) is 1. The van der Waals surface area contributed by atoms with E-state index in [1.807, 2.05) is 52.0 Å². The Labute approximate surface area is 246 Å². The smallest absolute Gasteiger partial charge is 0.410 e. The highest BCUT2D eigenvalue weighted by atomic mass is 19.1. The van der Waals surface area contributed by atoms with Gasteiger partial charge in [-0.1, -0.05) is 30.3 Å². The molecule has 1 atom stereocenters. The van der Waals surface area contributed by atoms with Gasteiger partial charge in [-0.05, 0) is 80.8 Å². The summed E-state index contributed by atoms with van der Waals surface area (Å²) >= 11 is 0. The number of nitrogens with zero attached hydrogens (tertiary/aromatic N) is 3. The van der Waals surface area contributed by atoms with Gasteiger partial charge in [-0.25, -0.2) is 14.0 Å². The summed E-state index contributed by atoms with van der Waals surface area (Å²) < 4.78 is 20.6. The molecule has 0 unspecified atom stereocenters. The fraction of sp³-hybridized carbons (Fsp3) is 0.364. The second-order valence-corrected chi connectivity index (χ2v) is 11.8. The number of hydrogen-bond donors (Lipinski definition) is 1. The predicted octanol–water partition coefficient (Wildman–Crippen LogP) is 5.90. The quantitative estimate of drug-likeness (QED) is 0.377. The molecule has 1 aliphatic heterocycles. The van der Waals surface area contributed by atoms with Crippen LogP contribution in [0.5, 0.6) is 0 Å². The monoisotopic (exact) mass is 575 g/mol. The Morgan fingerprint density at radius 1 is 0.976 bits per heavy atom. The Morgan fingerprint density at radius 2 is 1.69 bits per heavy atom. The minimum absolute atomic E-state index is 0.00258. The van der Waals surface area contributed by atoms with E-state index in [0.29, 0.717) is 31.7 Å². The Bertz CT molecular complexity index is 1470. The molecule has 0 radical (unpaired) electrons. The third-order valence-electron chi connectivity index (χ3n) is 7.14. The van der Waals surface area contributed by atoms with Crippen molar-refractivity contribution in [3.05, 3.63) is 94.8 Å². The van der Waals surface area contributed by atoms with Crippen LogP contribution in [0.25, 0.3) is 11.1 Å². The number of halogens is 1. The largest absolute Gasteiger partial charge is 0.478 e. The molecule has 9 heteroatoms. The van der Waals surface area contributed by atoms with Gasteiger partial charge in [0.15, 0.2) is 0 Å². The second-order valence-electron chi connectivity index (χ2n) is 11.8. The zero-order valence-corrected chi connectivity index (χ0v) is 24.8. The topological polar surface area (TPSA) is 90.4 Å². The summed E-state index contributed by atoms with van der Waals surface area (Å²) in [6, 6.07) is 18.4. The molecule has 0 aromatic heterocycles. The molecule has 1 fully saturated rings. The van der Waals surface area contributed by atoms with Crippen LogP contribution in [-0.4, -0.2) is 76.1 Å². The average molecular weight is 576 g/mol. The second kappa shape index (κ2) is 12.7. The van der Waals surface area contributed by atoms with Crippen molar-refractivity contribution in [3.8, 4) is 11.1 Å². The SMILES string of the molecule is C[C@@H]1CN(Cc2cccc(-c3cc(CN(C)C(=O)c4cccc(C(=O)O)c4)ccc3F)c2)CCN1C(=O)OC(C)(C)C. The molecule has 4 rings (SSSR count). The van der Waals surface area contributed by atoms with Gasteiger partial charge in [-0.15, -0.1) is 0 Å². The molecule has 3 aromatic carbocycles. The number of carbonyl (C=O) groups excluding carboxylic acids is 2. The summed E-state index contributed by atoms with van der Waals surface area (Å²) in [5, 5.41) is 9.23. The van der Waals surface area contributed by atoms with Gasteiger partial charge in [0.1, 0.15) is 11.4 Å². The predicted molar refractivity (Wildman–Crippen MR) is 159 cm³/mol. The molecule has 2 amide bonds. The fourth-order valence-electron chi connectivity index (χ4n) is 5.11. The average Bonchev–Trinajstić information content (AvgIpc) is 2.93.